The molecule has 37 heavy (non-hydrogen) atoms. The number of aryl methyl sites for hydroxylation is 1. The van der Waals surface area contributed by atoms with Gasteiger partial charge in [-0.25, -0.2) is 18.6 Å². The Balaban J connectivity index is 1.94. The summed E-state index contributed by atoms with van der Waals surface area (Å²) in [5.41, 5.74) is -1.02. The summed E-state index contributed by atoms with van der Waals surface area (Å²) in [6, 6.07) is 4.89. The number of fused-ring (bicyclic) bond motifs is 1. The van der Waals surface area contributed by atoms with Crippen LogP contribution in [0.15, 0.2) is 35.3 Å². The van der Waals surface area contributed by atoms with Crippen LogP contribution in [0.2, 0.25) is 0 Å². The van der Waals surface area contributed by atoms with Crippen LogP contribution in [0.5, 0.6) is 17.5 Å². The Morgan fingerprint density at radius 3 is 2.49 bits per heavy atom. The topological polar surface area (TPSA) is 109 Å². The van der Waals surface area contributed by atoms with Gasteiger partial charge in [-0.05, 0) is 32.0 Å². The van der Waals surface area contributed by atoms with E-state index in [0.29, 0.717) is 0 Å². The maximum absolute atomic E-state index is 13.4. The minimum Gasteiger partial charge on any atom is -0.480 e. The van der Waals surface area contributed by atoms with E-state index in [-0.39, 0.29) is 34.8 Å². The molecule has 4 aromatic rings. The zero-order valence-corrected chi connectivity index (χ0v) is 19.7. The van der Waals surface area contributed by atoms with Gasteiger partial charge in [-0.3, -0.25) is 9.25 Å². The second kappa shape index (κ2) is 9.80. The van der Waals surface area contributed by atoms with Gasteiger partial charge < -0.3 is 14.6 Å². The van der Waals surface area contributed by atoms with E-state index in [2.05, 4.69) is 15.2 Å². The Hall–Kier alpha value is -4.01. The molecule has 10 nitrogen and oxygen atoms in total. The lowest BCUT2D eigenvalue weighted by Crippen LogP contribution is -2.31. The van der Waals surface area contributed by atoms with Gasteiger partial charge in [0.15, 0.2) is 11.9 Å². The van der Waals surface area contributed by atoms with Gasteiger partial charge in [-0.2, -0.15) is 17.9 Å². The van der Waals surface area contributed by atoms with Gasteiger partial charge in [-0.1, -0.05) is 0 Å². The second-order valence-corrected chi connectivity index (χ2v) is 7.88. The van der Waals surface area contributed by atoms with Crippen molar-refractivity contribution in [3.8, 4) is 23.2 Å². The van der Waals surface area contributed by atoms with Gasteiger partial charge in [0.25, 0.3) is 12.3 Å². The van der Waals surface area contributed by atoms with E-state index >= 15 is 0 Å². The van der Waals surface area contributed by atoms with Crippen molar-refractivity contribution in [2.75, 3.05) is 0 Å². The SMILES string of the molecule is CCn1c(CO)nn(-c2cc(OC(C)C(F)(F)F)c3c(Oc4ncccc4C(F)F)nn(C)c3c2)c1=O. The molecule has 1 N–H and O–H groups in total. The second-order valence-electron chi connectivity index (χ2n) is 7.88. The first-order valence-corrected chi connectivity index (χ1v) is 10.9. The Morgan fingerprint density at radius 1 is 1.16 bits per heavy atom. The summed E-state index contributed by atoms with van der Waals surface area (Å²) in [4.78, 5) is 16.6. The van der Waals surface area contributed by atoms with Crippen LogP contribution in [0.3, 0.4) is 0 Å². The molecule has 3 aromatic heterocycles. The van der Waals surface area contributed by atoms with Crippen molar-refractivity contribution >= 4 is 10.9 Å². The summed E-state index contributed by atoms with van der Waals surface area (Å²) in [6.45, 7) is 2.08. The summed E-state index contributed by atoms with van der Waals surface area (Å²) >= 11 is 0. The lowest BCUT2D eigenvalue weighted by molar-refractivity contribution is -0.189. The van der Waals surface area contributed by atoms with Crippen molar-refractivity contribution in [3.05, 3.63) is 52.3 Å². The zero-order chi connectivity index (χ0) is 27.1. The summed E-state index contributed by atoms with van der Waals surface area (Å²) in [7, 11) is 1.44. The number of pyridine rings is 1. The van der Waals surface area contributed by atoms with Crippen LogP contribution in [0.4, 0.5) is 22.0 Å². The molecule has 0 bridgehead atoms. The van der Waals surface area contributed by atoms with Crippen LogP contribution in [-0.2, 0) is 20.2 Å². The zero-order valence-electron chi connectivity index (χ0n) is 19.7. The van der Waals surface area contributed by atoms with Crippen LogP contribution in [0, 0.1) is 0 Å². The average molecular weight is 528 g/mol. The normalized spacial score (nSPS) is 12.9. The average Bonchev–Trinajstić information content (AvgIpc) is 3.34. The quantitative estimate of drug-likeness (QED) is 0.346. The van der Waals surface area contributed by atoms with E-state index < -0.39 is 48.2 Å². The number of aromatic nitrogens is 6. The van der Waals surface area contributed by atoms with Crippen molar-refractivity contribution in [1.29, 1.82) is 0 Å². The molecule has 198 valence electrons. The number of nitrogens with zero attached hydrogens (tertiary/aromatic N) is 6. The fraction of sp³-hybridized carbons (Fsp3) is 0.364. The highest BCUT2D eigenvalue weighted by Gasteiger charge is 2.39. The highest BCUT2D eigenvalue weighted by molar-refractivity contribution is 5.92. The standard InChI is InChI=1S/C22H21F5N6O4/c1-4-32-16(10-34)29-33(21(32)35)12-8-14-17(15(9-12)36-11(2)22(25,26)27)20(30-31(14)3)37-19-13(18(23)24)6-5-7-28-19/h5-9,11,18,34H,4,10H2,1-3H3. The molecule has 1 aromatic carbocycles. The molecule has 3 heterocycles. The van der Waals surface area contributed by atoms with Crippen LogP contribution < -0.4 is 15.2 Å². The van der Waals surface area contributed by atoms with E-state index in [0.717, 1.165) is 23.7 Å². The largest absolute Gasteiger partial charge is 0.480 e. The monoisotopic (exact) mass is 528 g/mol. The molecule has 0 amide bonds. The number of halogens is 5. The fourth-order valence-electron chi connectivity index (χ4n) is 3.63. The highest BCUT2D eigenvalue weighted by atomic mass is 19.4. The minimum absolute atomic E-state index is 0.0180. The maximum Gasteiger partial charge on any atom is 0.425 e. The molecule has 0 aliphatic heterocycles. The van der Waals surface area contributed by atoms with Crippen molar-refractivity contribution in [3.63, 3.8) is 0 Å². The number of alkyl halides is 5. The van der Waals surface area contributed by atoms with E-state index in [1.54, 1.807) is 6.92 Å². The Bertz CT molecular complexity index is 1490. The molecule has 15 heteroatoms. The molecule has 0 spiro atoms. The van der Waals surface area contributed by atoms with Gasteiger partial charge in [-0.15, -0.1) is 10.2 Å². The molecule has 0 fully saturated rings. The number of rotatable bonds is 8. The molecular weight excluding hydrogens is 507 g/mol. The number of aliphatic hydroxyl groups excluding tert-OH is 1. The third-order valence-electron chi connectivity index (χ3n) is 5.50. The molecular formula is C22H21F5N6O4. The van der Waals surface area contributed by atoms with Gasteiger partial charge in [0.05, 0.1) is 16.8 Å². The Labute approximate surface area is 205 Å². The van der Waals surface area contributed by atoms with Crippen molar-refractivity contribution in [2.24, 2.45) is 7.05 Å². The third kappa shape index (κ3) is 4.85. The number of benzene rings is 1. The van der Waals surface area contributed by atoms with E-state index in [1.807, 2.05) is 0 Å². The van der Waals surface area contributed by atoms with E-state index in [9.17, 15) is 31.9 Å². The van der Waals surface area contributed by atoms with Crippen LogP contribution in [0.1, 0.15) is 31.7 Å². The smallest absolute Gasteiger partial charge is 0.425 e. The maximum atomic E-state index is 13.4. The minimum atomic E-state index is -4.75. The van der Waals surface area contributed by atoms with Gasteiger partial charge >= 0.3 is 11.9 Å². The highest BCUT2D eigenvalue weighted by Crippen LogP contribution is 2.40. The van der Waals surface area contributed by atoms with Gasteiger partial charge in [0, 0.05) is 25.9 Å². The van der Waals surface area contributed by atoms with E-state index in [1.165, 1.54) is 34.6 Å². The van der Waals surface area contributed by atoms with Gasteiger partial charge in [0.1, 0.15) is 17.7 Å². The van der Waals surface area contributed by atoms with E-state index in [4.69, 9.17) is 9.47 Å². The van der Waals surface area contributed by atoms with Crippen LogP contribution >= 0.6 is 0 Å². The fourth-order valence-corrected chi connectivity index (χ4v) is 3.63. The number of ether oxygens (including phenoxy) is 2. The molecule has 0 aliphatic carbocycles. The number of aliphatic hydroxyl groups is 1. The first-order chi connectivity index (χ1) is 17.5. The molecule has 0 saturated heterocycles. The van der Waals surface area contributed by atoms with Crippen LogP contribution in [-0.4, -0.2) is 46.5 Å². The Morgan fingerprint density at radius 2 is 1.89 bits per heavy atom. The number of hydrogen-bond donors (Lipinski definition) is 1. The first-order valence-electron chi connectivity index (χ1n) is 10.9. The molecule has 0 aliphatic rings. The predicted octanol–water partition coefficient (Wildman–Crippen LogP) is 3.89. The lowest BCUT2D eigenvalue weighted by Gasteiger charge is -2.19. The van der Waals surface area contributed by atoms with Crippen molar-refractivity contribution in [2.45, 2.75) is 45.7 Å². The third-order valence-corrected chi connectivity index (χ3v) is 5.50. The lowest BCUT2D eigenvalue weighted by atomic mass is 10.2. The summed E-state index contributed by atoms with van der Waals surface area (Å²) in [5, 5.41) is 17.7. The predicted molar refractivity (Wildman–Crippen MR) is 119 cm³/mol. The Kier molecular flexibility index (Phi) is 6.90. The molecule has 4 rings (SSSR count). The van der Waals surface area contributed by atoms with Crippen molar-refractivity contribution < 1.29 is 36.5 Å². The van der Waals surface area contributed by atoms with Gasteiger partial charge in [0.2, 0.25) is 5.88 Å². The summed E-state index contributed by atoms with van der Waals surface area (Å²) < 4.78 is 81.2. The summed E-state index contributed by atoms with van der Waals surface area (Å²) in [6.07, 6.45) is -8.76. The van der Waals surface area contributed by atoms with Crippen LogP contribution in [0.25, 0.3) is 16.6 Å². The molecule has 0 saturated carbocycles. The summed E-state index contributed by atoms with van der Waals surface area (Å²) in [5.74, 6) is -1.17. The van der Waals surface area contributed by atoms with Crippen molar-refractivity contribution in [1.82, 2.24) is 29.1 Å². The number of hydrogen-bond acceptors (Lipinski definition) is 7. The molecule has 0 radical (unpaired) electrons. The molecule has 1 atom stereocenters. The molecule has 1 unspecified atom stereocenters. The first kappa shape index (κ1) is 26.1.